The molecule has 1 aliphatic rings. The molecule has 0 aromatic heterocycles. The van der Waals surface area contributed by atoms with Crippen molar-refractivity contribution in [2.75, 3.05) is 5.73 Å². The highest BCUT2D eigenvalue weighted by atomic mass is 16.3. The summed E-state index contributed by atoms with van der Waals surface area (Å²) in [6.07, 6.45) is 2.21. The monoisotopic (exact) mass is 294 g/mol. The number of hydrogen-bond acceptors (Lipinski definition) is 3. The predicted molar refractivity (Wildman–Crippen MR) is 91.2 cm³/mol. The van der Waals surface area contributed by atoms with Crippen molar-refractivity contribution in [2.24, 2.45) is 4.99 Å². The second kappa shape index (κ2) is 6.32. The fourth-order valence-corrected chi connectivity index (χ4v) is 3.04. The van der Waals surface area contributed by atoms with Gasteiger partial charge >= 0.3 is 0 Å². The zero-order valence-electron chi connectivity index (χ0n) is 12.9. The highest BCUT2D eigenvalue weighted by molar-refractivity contribution is 5.88. The van der Waals surface area contributed by atoms with Gasteiger partial charge in [0.05, 0.1) is 6.04 Å². The normalized spacial score (nSPS) is 19.0. The fourth-order valence-electron chi connectivity index (χ4n) is 3.04. The first-order chi connectivity index (χ1) is 10.6. The smallest absolute Gasteiger partial charge is 0.102 e. The topological polar surface area (TPSA) is 58.6 Å². The van der Waals surface area contributed by atoms with Crippen molar-refractivity contribution in [2.45, 2.75) is 38.3 Å². The number of nitrogen functional groups attached to an aromatic ring is 1. The van der Waals surface area contributed by atoms with Crippen molar-refractivity contribution >= 4 is 11.4 Å². The summed E-state index contributed by atoms with van der Waals surface area (Å²) in [7, 11) is 0. The number of aryl methyl sites for hydroxylation is 1. The van der Waals surface area contributed by atoms with Crippen LogP contribution >= 0.6 is 0 Å². The molecule has 22 heavy (non-hydrogen) atoms. The third-order valence-electron chi connectivity index (χ3n) is 4.34. The van der Waals surface area contributed by atoms with Crippen molar-refractivity contribution in [3.05, 3.63) is 65.2 Å². The number of nitrogens with two attached hydrogens (primary N) is 1. The number of aliphatic hydroxyl groups is 1. The first kappa shape index (κ1) is 14.8. The minimum atomic E-state index is -0.509. The third kappa shape index (κ3) is 3.20. The molecule has 2 atom stereocenters. The minimum absolute atomic E-state index is 0.0233. The number of rotatable bonds is 4. The largest absolute Gasteiger partial charge is 0.399 e. The lowest BCUT2D eigenvalue weighted by Gasteiger charge is -2.17. The Kier molecular flexibility index (Phi) is 4.25. The summed E-state index contributed by atoms with van der Waals surface area (Å²) >= 11 is 0. The van der Waals surface area contributed by atoms with Gasteiger partial charge in [0.2, 0.25) is 0 Å². The molecule has 0 bridgehead atoms. The zero-order chi connectivity index (χ0) is 15.5. The second-order valence-corrected chi connectivity index (χ2v) is 6.02. The number of hydrogen-bond donors (Lipinski definition) is 2. The van der Waals surface area contributed by atoms with Crippen LogP contribution in [-0.2, 0) is 6.42 Å². The first-order valence-electron chi connectivity index (χ1n) is 7.77. The third-order valence-corrected chi connectivity index (χ3v) is 4.34. The van der Waals surface area contributed by atoms with E-state index in [1.165, 1.54) is 11.3 Å². The Balaban J connectivity index is 1.71. The van der Waals surface area contributed by atoms with Crippen molar-refractivity contribution in [3.8, 4) is 0 Å². The summed E-state index contributed by atoms with van der Waals surface area (Å²) in [5, 5.41) is 10.6. The molecule has 0 radical (unpaired) electrons. The van der Waals surface area contributed by atoms with E-state index in [1.54, 1.807) is 0 Å². The van der Waals surface area contributed by atoms with Crippen molar-refractivity contribution in [1.29, 1.82) is 0 Å². The molecule has 1 heterocycles. The SMILES string of the molecule is Cc1ccccc1C(O)C1CCC(Cc2ccc(N)cc2)=N1. The van der Waals surface area contributed by atoms with Gasteiger partial charge in [-0.2, -0.15) is 0 Å². The highest BCUT2D eigenvalue weighted by Crippen LogP contribution is 2.29. The molecule has 0 fully saturated rings. The Morgan fingerprint density at radius 2 is 1.91 bits per heavy atom. The van der Waals surface area contributed by atoms with Crippen LogP contribution in [0, 0.1) is 6.92 Å². The van der Waals surface area contributed by atoms with Crippen LogP contribution in [0.15, 0.2) is 53.5 Å². The van der Waals surface area contributed by atoms with Crippen LogP contribution in [0.4, 0.5) is 5.69 Å². The molecule has 0 saturated heterocycles. The van der Waals surface area contributed by atoms with Gasteiger partial charge < -0.3 is 10.8 Å². The summed E-state index contributed by atoms with van der Waals surface area (Å²) in [6, 6.07) is 15.9. The molecule has 3 rings (SSSR count). The van der Waals surface area contributed by atoms with Gasteiger partial charge in [0.25, 0.3) is 0 Å². The molecule has 114 valence electrons. The van der Waals surface area contributed by atoms with Crippen LogP contribution in [0.5, 0.6) is 0 Å². The van der Waals surface area contributed by atoms with Gasteiger partial charge in [-0.1, -0.05) is 36.4 Å². The van der Waals surface area contributed by atoms with Crippen molar-refractivity contribution in [3.63, 3.8) is 0 Å². The maximum absolute atomic E-state index is 10.6. The number of aliphatic hydroxyl groups excluding tert-OH is 1. The van der Waals surface area contributed by atoms with Gasteiger partial charge in [-0.15, -0.1) is 0 Å². The van der Waals surface area contributed by atoms with Gasteiger partial charge in [-0.25, -0.2) is 0 Å². The number of anilines is 1. The van der Waals surface area contributed by atoms with E-state index in [-0.39, 0.29) is 6.04 Å². The summed E-state index contributed by atoms with van der Waals surface area (Å²) < 4.78 is 0. The average Bonchev–Trinajstić information content (AvgIpc) is 2.98. The predicted octanol–water partition coefficient (Wildman–Crippen LogP) is 3.46. The van der Waals surface area contributed by atoms with Crippen LogP contribution in [0.3, 0.4) is 0 Å². The van der Waals surface area contributed by atoms with Crippen LogP contribution in [0.2, 0.25) is 0 Å². The molecule has 2 aromatic rings. The lowest BCUT2D eigenvalue weighted by molar-refractivity contribution is 0.147. The fraction of sp³-hybridized carbons (Fsp3) is 0.316. The van der Waals surface area contributed by atoms with E-state index in [4.69, 9.17) is 10.7 Å². The second-order valence-electron chi connectivity index (χ2n) is 6.02. The highest BCUT2D eigenvalue weighted by Gasteiger charge is 2.26. The summed E-state index contributed by atoms with van der Waals surface area (Å²) in [6.45, 7) is 2.03. The molecule has 0 spiro atoms. The van der Waals surface area contributed by atoms with E-state index in [9.17, 15) is 5.11 Å². The average molecular weight is 294 g/mol. The first-order valence-corrected chi connectivity index (χ1v) is 7.77. The molecule has 0 aliphatic carbocycles. The quantitative estimate of drug-likeness (QED) is 0.848. The van der Waals surface area contributed by atoms with Gasteiger partial charge in [0.1, 0.15) is 6.10 Å². The molecule has 2 aromatic carbocycles. The maximum atomic E-state index is 10.6. The molecule has 0 saturated carbocycles. The maximum Gasteiger partial charge on any atom is 0.102 e. The zero-order valence-corrected chi connectivity index (χ0v) is 12.9. The number of benzene rings is 2. The van der Waals surface area contributed by atoms with E-state index in [2.05, 4.69) is 0 Å². The molecular formula is C19H22N2O. The molecule has 3 nitrogen and oxygen atoms in total. The standard InChI is InChI=1S/C19H22N2O/c1-13-4-2-3-5-17(13)19(22)18-11-10-16(21-18)12-14-6-8-15(20)9-7-14/h2-9,18-19,22H,10-12,20H2,1H3. The molecule has 0 amide bonds. The Morgan fingerprint density at radius 1 is 1.18 bits per heavy atom. The number of aliphatic imine (C=N–C) groups is 1. The summed E-state index contributed by atoms with van der Waals surface area (Å²) in [5.41, 5.74) is 11.0. The van der Waals surface area contributed by atoms with Crippen LogP contribution < -0.4 is 5.73 Å². The van der Waals surface area contributed by atoms with E-state index in [0.29, 0.717) is 0 Å². The molecule has 1 aliphatic heterocycles. The molecular weight excluding hydrogens is 272 g/mol. The van der Waals surface area contributed by atoms with Crippen LogP contribution in [-0.4, -0.2) is 16.9 Å². The van der Waals surface area contributed by atoms with Crippen molar-refractivity contribution < 1.29 is 5.11 Å². The minimum Gasteiger partial charge on any atom is -0.399 e. The Morgan fingerprint density at radius 3 is 2.64 bits per heavy atom. The number of nitrogens with zero attached hydrogens (tertiary/aromatic N) is 1. The molecule has 3 N–H and O–H groups in total. The Bertz CT molecular complexity index is 676. The van der Waals surface area contributed by atoms with E-state index < -0.39 is 6.10 Å². The van der Waals surface area contributed by atoms with E-state index in [1.807, 2.05) is 55.5 Å². The Labute approximate surface area is 131 Å². The Hall–Kier alpha value is -2.13. The van der Waals surface area contributed by atoms with Crippen molar-refractivity contribution in [1.82, 2.24) is 0 Å². The lowest BCUT2D eigenvalue weighted by Crippen LogP contribution is -2.14. The van der Waals surface area contributed by atoms with Crippen LogP contribution in [0.25, 0.3) is 0 Å². The van der Waals surface area contributed by atoms with Gasteiger partial charge in [0, 0.05) is 17.8 Å². The molecule has 3 heteroatoms. The summed E-state index contributed by atoms with van der Waals surface area (Å²) in [5.74, 6) is 0. The van der Waals surface area contributed by atoms with Crippen LogP contribution in [0.1, 0.15) is 35.6 Å². The van der Waals surface area contributed by atoms with Gasteiger partial charge in [-0.05, 0) is 48.6 Å². The summed E-state index contributed by atoms with van der Waals surface area (Å²) in [4.78, 5) is 4.76. The van der Waals surface area contributed by atoms with E-state index >= 15 is 0 Å². The molecule has 2 unspecified atom stereocenters. The van der Waals surface area contributed by atoms with E-state index in [0.717, 1.165) is 36.1 Å². The lowest BCUT2D eigenvalue weighted by atomic mass is 9.96. The van der Waals surface area contributed by atoms with Gasteiger partial charge in [0.15, 0.2) is 0 Å². The van der Waals surface area contributed by atoms with Gasteiger partial charge in [-0.3, -0.25) is 4.99 Å².